The van der Waals surface area contributed by atoms with E-state index in [1.807, 2.05) is 31.7 Å². The highest BCUT2D eigenvalue weighted by atomic mass is 16.6. The van der Waals surface area contributed by atoms with Gasteiger partial charge in [-0.05, 0) is 39.3 Å². The number of ether oxygens (including phenoxy) is 3. The number of morpholine rings is 2. The van der Waals surface area contributed by atoms with Crippen LogP contribution in [0.5, 0.6) is 0 Å². The Bertz CT molecular complexity index is 1270. The number of anilines is 1. The summed E-state index contributed by atoms with van der Waals surface area (Å²) in [5.41, 5.74) is 0.430. The van der Waals surface area contributed by atoms with Gasteiger partial charge in [-0.15, -0.1) is 0 Å². The van der Waals surface area contributed by atoms with Crippen molar-refractivity contribution in [3.8, 4) is 0 Å². The Morgan fingerprint density at radius 1 is 0.973 bits per heavy atom. The van der Waals surface area contributed by atoms with Crippen LogP contribution in [0.25, 0.3) is 11.0 Å². The second kappa shape index (κ2) is 10.2. The molecule has 10 nitrogen and oxygen atoms in total. The molecule has 1 atom stereocenters. The van der Waals surface area contributed by atoms with Crippen molar-refractivity contribution < 1.29 is 28.2 Å². The first kappa shape index (κ1) is 25.3. The molecule has 37 heavy (non-hydrogen) atoms. The predicted octanol–water partition coefficient (Wildman–Crippen LogP) is 3.30. The number of benzene rings is 1. The lowest BCUT2D eigenvalue weighted by atomic mass is 9.97. The standard InChI is InChI=1S/C27H33N3O7/c1-27(2,3)37-26(33)30-6-4-5-21(30)19-15-18(25(32)29-9-13-35-14-10-29)16-20-22(31)17-23(36-24(19)20)28-7-11-34-12-8-28/h4,6,15-17,21H,5,7-14H2,1-3H3/t21-/m0/s1. The molecule has 0 saturated carbocycles. The van der Waals surface area contributed by atoms with Gasteiger partial charge in [-0.2, -0.15) is 0 Å². The van der Waals surface area contributed by atoms with Crippen molar-refractivity contribution in [2.45, 2.75) is 38.8 Å². The highest BCUT2D eigenvalue weighted by molar-refractivity contribution is 5.99. The van der Waals surface area contributed by atoms with Gasteiger partial charge < -0.3 is 28.4 Å². The molecule has 3 aliphatic rings. The first-order valence-corrected chi connectivity index (χ1v) is 12.7. The third-order valence-electron chi connectivity index (χ3n) is 6.64. The number of rotatable bonds is 3. The van der Waals surface area contributed by atoms with E-state index >= 15 is 0 Å². The van der Waals surface area contributed by atoms with Crippen LogP contribution in [0.2, 0.25) is 0 Å². The van der Waals surface area contributed by atoms with Crippen LogP contribution in [0.1, 0.15) is 49.2 Å². The SMILES string of the molecule is CC(C)(C)OC(=O)N1C=CC[C@H]1c1cc(C(=O)N2CCOCC2)cc2c(=O)cc(N3CCOCC3)oc12. The normalized spacial score (nSPS) is 20.5. The predicted molar refractivity (Wildman–Crippen MR) is 137 cm³/mol. The fourth-order valence-electron chi connectivity index (χ4n) is 4.83. The molecule has 10 heteroatoms. The first-order valence-electron chi connectivity index (χ1n) is 12.7. The summed E-state index contributed by atoms with van der Waals surface area (Å²) in [6.45, 7) is 9.61. The number of fused-ring (bicyclic) bond motifs is 1. The Morgan fingerprint density at radius 3 is 2.32 bits per heavy atom. The molecule has 198 valence electrons. The van der Waals surface area contributed by atoms with E-state index in [0.29, 0.717) is 87.0 Å². The highest BCUT2D eigenvalue weighted by Gasteiger charge is 2.34. The second-order valence-corrected chi connectivity index (χ2v) is 10.4. The van der Waals surface area contributed by atoms with Gasteiger partial charge in [-0.25, -0.2) is 4.79 Å². The van der Waals surface area contributed by atoms with E-state index in [2.05, 4.69) is 0 Å². The molecule has 2 aromatic rings. The topological polar surface area (TPSA) is 102 Å². The quantitative estimate of drug-likeness (QED) is 0.619. The van der Waals surface area contributed by atoms with Gasteiger partial charge in [-0.3, -0.25) is 14.5 Å². The van der Waals surface area contributed by atoms with Crippen LogP contribution >= 0.6 is 0 Å². The Kier molecular flexibility index (Phi) is 6.96. The number of amides is 2. The molecule has 1 aromatic heterocycles. The molecule has 0 N–H and O–H groups in total. The van der Waals surface area contributed by atoms with Crippen molar-refractivity contribution in [1.82, 2.24) is 9.80 Å². The van der Waals surface area contributed by atoms with Crippen LogP contribution in [0.15, 0.2) is 39.7 Å². The molecule has 5 rings (SSSR count). The zero-order chi connectivity index (χ0) is 26.2. The van der Waals surface area contributed by atoms with Gasteiger partial charge in [0, 0.05) is 49.6 Å². The van der Waals surface area contributed by atoms with Crippen LogP contribution in [0.3, 0.4) is 0 Å². The molecule has 4 heterocycles. The summed E-state index contributed by atoms with van der Waals surface area (Å²) in [6.07, 6.45) is 3.55. The molecular weight excluding hydrogens is 478 g/mol. The molecule has 1 aromatic carbocycles. The third kappa shape index (κ3) is 5.35. The Balaban J connectivity index is 1.61. The Labute approximate surface area is 215 Å². The lowest BCUT2D eigenvalue weighted by Gasteiger charge is -2.30. The summed E-state index contributed by atoms with van der Waals surface area (Å²) < 4.78 is 22.8. The van der Waals surface area contributed by atoms with E-state index in [-0.39, 0.29) is 11.3 Å². The molecular formula is C27H33N3O7. The summed E-state index contributed by atoms with van der Waals surface area (Å²) in [5, 5.41) is 0.308. The molecule has 2 fully saturated rings. The first-order chi connectivity index (χ1) is 17.7. The van der Waals surface area contributed by atoms with E-state index in [9.17, 15) is 14.4 Å². The lowest BCUT2D eigenvalue weighted by molar-refractivity contribution is 0.0287. The average Bonchev–Trinajstić information content (AvgIpc) is 3.38. The van der Waals surface area contributed by atoms with E-state index < -0.39 is 17.7 Å². The van der Waals surface area contributed by atoms with Gasteiger partial charge in [0.05, 0.1) is 37.9 Å². The molecule has 0 bridgehead atoms. The van der Waals surface area contributed by atoms with Gasteiger partial charge in [0.1, 0.15) is 11.2 Å². The minimum Gasteiger partial charge on any atom is -0.443 e. The molecule has 2 amide bonds. The zero-order valence-electron chi connectivity index (χ0n) is 21.5. The molecule has 0 radical (unpaired) electrons. The number of carbonyl (C=O) groups excluding carboxylic acids is 2. The average molecular weight is 512 g/mol. The van der Waals surface area contributed by atoms with Crippen LogP contribution in [-0.4, -0.2) is 80.0 Å². The largest absolute Gasteiger partial charge is 0.443 e. The number of hydrogen-bond donors (Lipinski definition) is 0. The summed E-state index contributed by atoms with van der Waals surface area (Å²) in [6, 6.07) is 4.34. The zero-order valence-corrected chi connectivity index (χ0v) is 21.5. The summed E-state index contributed by atoms with van der Waals surface area (Å²) in [5.74, 6) is 0.266. The second-order valence-electron chi connectivity index (χ2n) is 10.4. The monoisotopic (exact) mass is 511 g/mol. The molecule has 0 aliphatic carbocycles. The van der Waals surface area contributed by atoms with E-state index in [4.69, 9.17) is 18.6 Å². The van der Waals surface area contributed by atoms with Crippen LogP contribution in [0, 0.1) is 0 Å². The van der Waals surface area contributed by atoms with Crippen molar-refractivity contribution >= 4 is 28.9 Å². The van der Waals surface area contributed by atoms with Gasteiger partial charge >= 0.3 is 6.09 Å². The fourth-order valence-corrected chi connectivity index (χ4v) is 4.83. The summed E-state index contributed by atoms with van der Waals surface area (Å²) in [7, 11) is 0. The Hall–Kier alpha value is -3.37. The highest BCUT2D eigenvalue weighted by Crippen LogP contribution is 2.37. The molecule has 3 aliphatic heterocycles. The van der Waals surface area contributed by atoms with Crippen LogP contribution in [-0.2, 0) is 14.2 Å². The Morgan fingerprint density at radius 2 is 1.65 bits per heavy atom. The van der Waals surface area contributed by atoms with Gasteiger partial charge in [0.15, 0.2) is 11.3 Å². The van der Waals surface area contributed by atoms with Crippen LogP contribution in [0.4, 0.5) is 10.7 Å². The molecule has 2 saturated heterocycles. The number of nitrogens with zero attached hydrogens (tertiary/aromatic N) is 3. The van der Waals surface area contributed by atoms with E-state index in [0.717, 1.165) is 0 Å². The summed E-state index contributed by atoms with van der Waals surface area (Å²) in [4.78, 5) is 45.1. The molecule has 0 spiro atoms. The minimum atomic E-state index is -0.676. The van der Waals surface area contributed by atoms with Crippen molar-refractivity contribution in [2.75, 3.05) is 57.5 Å². The maximum Gasteiger partial charge on any atom is 0.414 e. The molecule has 0 unspecified atom stereocenters. The van der Waals surface area contributed by atoms with Gasteiger partial charge in [-0.1, -0.05) is 6.08 Å². The van der Waals surface area contributed by atoms with Crippen molar-refractivity contribution in [3.63, 3.8) is 0 Å². The van der Waals surface area contributed by atoms with Crippen molar-refractivity contribution in [3.05, 3.63) is 51.8 Å². The maximum absolute atomic E-state index is 13.4. The van der Waals surface area contributed by atoms with Crippen molar-refractivity contribution in [1.29, 1.82) is 0 Å². The minimum absolute atomic E-state index is 0.183. The lowest BCUT2D eigenvalue weighted by Crippen LogP contribution is -2.40. The van der Waals surface area contributed by atoms with E-state index in [1.165, 1.54) is 11.0 Å². The third-order valence-corrected chi connectivity index (χ3v) is 6.64. The van der Waals surface area contributed by atoms with E-state index in [1.54, 1.807) is 23.2 Å². The fraction of sp³-hybridized carbons (Fsp3) is 0.519. The smallest absolute Gasteiger partial charge is 0.414 e. The number of carbonyl (C=O) groups is 2. The number of hydrogen-bond acceptors (Lipinski definition) is 8. The maximum atomic E-state index is 13.4. The van der Waals surface area contributed by atoms with Gasteiger partial charge in [0.2, 0.25) is 0 Å². The van der Waals surface area contributed by atoms with Crippen LogP contribution < -0.4 is 10.3 Å². The van der Waals surface area contributed by atoms with Crippen molar-refractivity contribution in [2.24, 2.45) is 0 Å². The van der Waals surface area contributed by atoms with Gasteiger partial charge in [0.25, 0.3) is 5.91 Å². The summed E-state index contributed by atoms with van der Waals surface area (Å²) >= 11 is 0.